The molecule has 0 amide bonds. The SMILES string of the molecule is CCCCN(c1ccc(CBr)cc1F)C1CC1. The zero-order chi connectivity index (χ0) is 12.3. The van der Waals surface area contributed by atoms with Gasteiger partial charge in [0.2, 0.25) is 0 Å². The van der Waals surface area contributed by atoms with Crippen LogP contribution in [0.3, 0.4) is 0 Å². The van der Waals surface area contributed by atoms with Crippen LogP contribution in [0.15, 0.2) is 18.2 Å². The molecule has 0 radical (unpaired) electrons. The number of rotatable bonds is 6. The van der Waals surface area contributed by atoms with Crippen LogP contribution in [-0.2, 0) is 5.33 Å². The average Bonchev–Trinajstić information content (AvgIpc) is 3.15. The number of benzene rings is 1. The lowest BCUT2D eigenvalue weighted by Crippen LogP contribution is -2.27. The molecular weight excluding hydrogens is 281 g/mol. The van der Waals surface area contributed by atoms with Gasteiger partial charge in [-0.25, -0.2) is 4.39 Å². The molecule has 0 bridgehead atoms. The molecule has 1 aliphatic carbocycles. The van der Waals surface area contributed by atoms with E-state index in [4.69, 9.17) is 0 Å². The normalized spacial score (nSPS) is 15.0. The van der Waals surface area contributed by atoms with E-state index in [0.29, 0.717) is 11.4 Å². The summed E-state index contributed by atoms with van der Waals surface area (Å²) in [6, 6.07) is 6.16. The Hall–Kier alpha value is -0.570. The molecule has 3 heteroatoms. The number of unbranched alkanes of at least 4 members (excludes halogenated alkanes) is 1. The summed E-state index contributed by atoms with van der Waals surface area (Å²) in [6.45, 7) is 3.15. The van der Waals surface area contributed by atoms with E-state index in [1.807, 2.05) is 12.1 Å². The Balaban J connectivity index is 2.16. The lowest BCUT2D eigenvalue weighted by atomic mass is 10.2. The van der Waals surface area contributed by atoms with Gasteiger partial charge in [-0.2, -0.15) is 0 Å². The molecule has 0 unspecified atom stereocenters. The molecule has 0 heterocycles. The van der Waals surface area contributed by atoms with Gasteiger partial charge in [0.15, 0.2) is 0 Å². The highest BCUT2D eigenvalue weighted by Gasteiger charge is 2.30. The number of alkyl halides is 1. The highest BCUT2D eigenvalue weighted by molar-refractivity contribution is 9.08. The maximum Gasteiger partial charge on any atom is 0.146 e. The van der Waals surface area contributed by atoms with E-state index in [-0.39, 0.29) is 5.82 Å². The van der Waals surface area contributed by atoms with Crippen LogP contribution in [0, 0.1) is 5.82 Å². The van der Waals surface area contributed by atoms with E-state index in [0.717, 1.165) is 30.6 Å². The van der Waals surface area contributed by atoms with Gasteiger partial charge < -0.3 is 4.90 Å². The van der Waals surface area contributed by atoms with E-state index in [2.05, 4.69) is 27.8 Å². The van der Waals surface area contributed by atoms with Crippen molar-refractivity contribution in [3.63, 3.8) is 0 Å². The molecule has 0 aromatic heterocycles. The van der Waals surface area contributed by atoms with Gasteiger partial charge in [-0.3, -0.25) is 0 Å². The smallest absolute Gasteiger partial charge is 0.146 e. The van der Waals surface area contributed by atoms with Gasteiger partial charge >= 0.3 is 0 Å². The van der Waals surface area contributed by atoms with Gasteiger partial charge in [-0.1, -0.05) is 35.3 Å². The largest absolute Gasteiger partial charge is 0.366 e. The van der Waals surface area contributed by atoms with E-state index in [1.54, 1.807) is 6.07 Å². The number of halogens is 2. The Morgan fingerprint density at radius 1 is 1.41 bits per heavy atom. The summed E-state index contributed by atoms with van der Waals surface area (Å²) < 4.78 is 14.0. The van der Waals surface area contributed by atoms with Crippen molar-refractivity contribution in [1.82, 2.24) is 0 Å². The fourth-order valence-electron chi connectivity index (χ4n) is 2.08. The summed E-state index contributed by atoms with van der Waals surface area (Å²) in [4.78, 5) is 2.25. The second kappa shape index (κ2) is 5.85. The van der Waals surface area contributed by atoms with E-state index < -0.39 is 0 Å². The van der Waals surface area contributed by atoms with E-state index >= 15 is 0 Å². The lowest BCUT2D eigenvalue weighted by Gasteiger charge is -2.25. The van der Waals surface area contributed by atoms with Crippen molar-refractivity contribution in [1.29, 1.82) is 0 Å². The number of nitrogens with zero attached hydrogens (tertiary/aromatic N) is 1. The van der Waals surface area contributed by atoms with Crippen LogP contribution in [0.1, 0.15) is 38.2 Å². The fourth-order valence-corrected chi connectivity index (χ4v) is 2.43. The van der Waals surface area contributed by atoms with Crippen LogP contribution in [0.4, 0.5) is 10.1 Å². The van der Waals surface area contributed by atoms with Gasteiger partial charge in [-0.05, 0) is 37.0 Å². The summed E-state index contributed by atoms with van der Waals surface area (Å²) in [5.74, 6) is -0.0787. The van der Waals surface area contributed by atoms with Crippen molar-refractivity contribution in [2.24, 2.45) is 0 Å². The Bertz CT molecular complexity index is 376. The van der Waals surface area contributed by atoms with E-state index in [1.165, 1.54) is 12.8 Å². The number of hydrogen-bond acceptors (Lipinski definition) is 1. The molecule has 1 saturated carbocycles. The molecule has 1 aliphatic rings. The van der Waals surface area contributed by atoms with Crippen LogP contribution in [0.25, 0.3) is 0 Å². The minimum Gasteiger partial charge on any atom is -0.366 e. The van der Waals surface area contributed by atoms with Crippen molar-refractivity contribution in [3.8, 4) is 0 Å². The number of hydrogen-bond donors (Lipinski definition) is 0. The minimum atomic E-state index is -0.0787. The summed E-state index contributed by atoms with van der Waals surface area (Å²) in [6.07, 6.45) is 4.72. The van der Waals surface area contributed by atoms with Gasteiger partial charge in [0.1, 0.15) is 5.82 Å². The third kappa shape index (κ3) is 3.21. The molecule has 0 spiro atoms. The van der Waals surface area contributed by atoms with Gasteiger partial charge in [0.05, 0.1) is 5.69 Å². The second-order valence-electron chi connectivity index (χ2n) is 4.70. The summed E-state index contributed by atoms with van der Waals surface area (Å²) in [7, 11) is 0. The molecule has 1 fully saturated rings. The fraction of sp³-hybridized carbons (Fsp3) is 0.571. The molecule has 17 heavy (non-hydrogen) atoms. The van der Waals surface area contributed by atoms with Crippen molar-refractivity contribution in [2.45, 2.75) is 44.0 Å². The first-order valence-corrected chi connectivity index (χ1v) is 7.49. The quantitative estimate of drug-likeness (QED) is 0.700. The molecule has 94 valence electrons. The van der Waals surface area contributed by atoms with Crippen LogP contribution < -0.4 is 4.90 Å². The van der Waals surface area contributed by atoms with Crippen molar-refractivity contribution < 1.29 is 4.39 Å². The molecule has 0 N–H and O–H groups in total. The first-order valence-electron chi connectivity index (χ1n) is 6.37. The Morgan fingerprint density at radius 3 is 2.71 bits per heavy atom. The molecule has 2 rings (SSSR count). The molecular formula is C14H19BrFN. The first kappa shape index (κ1) is 12.9. The predicted octanol–water partition coefficient (Wildman–Crippen LogP) is 4.49. The maximum atomic E-state index is 14.0. The molecule has 0 saturated heterocycles. The van der Waals surface area contributed by atoms with E-state index in [9.17, 15) is 4.39 Å². The van der Waals surface area contributed by atoms with Crippen LogP contribution >= 0.6 is 15.9 Å². The Morgan fingerprint density at radius 2 is 2.18 bits per heavy atom. The standard InChI is InChI=1S/C14H19BrFN/c1-2-3-8-17(12-5-6-12)14-7-4-11(10-15)9-13(14)16/h4,7,9,12H,2-3,5-6,8,10H2,1H3. The van der Waals surface area contributed by atoms with Gasteiger partial charge in [-0.15, -0.1) is 0 Å². The summed E-state index contributed by atoms with van der Waals surface area (Å²) in [5.41, 5.74) is 1.78. The lowest BCUT2D eigenvalue weighted by molar-refractivity contribution is 0.608. The van der Waals surface area contributed by atoms with Crippen molar-refractivity contribution in [3.05, 3.63) is 29.6 Å². The molecule has 1 aromatic carbocycles. The highest BCUT2D eigenvalue weighted by atomic mass is 79.9. The highest BCUT2D eigenvalue weighted by Crippen LogP contribution is 2.33. The minimum absolute atomic E-state index is 0.0787. The zero-order valence-corrected chi connectivity index (χ0v) is 11.8. The van der Waals surface area contributed by atoms with Crippen molar-refractivity contribution in [2.75, 3.05) is 11.4 Å². The third-order valence-electron chi connectivity index (χ3n) is 3.22. The average molecular weight is 300 g/mol. The second-order valence-corrected chi connectivity index (χ2v) is 5.26. The Labute approximate surface area is 111 Å². The third-order valence-corrected chi connectivity index (χ3v) is 3.86. The zero-order valence-electron chi connectivity index (χ0n) is 10.3. The number of anilines is 1. The predicted molar refractivity (Wildman–Crippen MR) is 74.3 cm³/mol. The van der Waals surface area contributed by atoms with Crippen LogP contribution in [0.2, 0.25) is 0 Å². The van der Waals surface area contributed by atoms with Gasteiger partial charge in [0, 0.05) is 17.9 Å². The van der Waals surface area contributed by atoms with Gasteiger partial charge in [0.25, 0.3) is 0 Å². The maximum absolute atomic E-state index is 14.0. The molecule has 1 aromatic rings. The summed E-state index contributed by atoms with van der Waals surface area (Å²) in [5, 5.41) is 0.711. The molecule has 0 atom stereocenters. The Kier molecular flexibility index (Phi) is 4.43. The first-order chi connectivity index (χ1) is 8.26. The topological polar surface area (TPSA) is 3.24 Å². The molecule has 0 aliphatic heterocycles. The molecule has 1 nitrogen and oxygen atoms in total. The monoisotopic (exact) mass is 299 g/mol. The van der Waals surface area contributed by atoms with Crippen molar-refractivity contribution >= 4 is 21.6 Å². The summed E-state index contributed by atoms with van der Waals surface area (Å²) >= 11 is 3.36. The van der Waals surface area contributed by atoms with Crippen LogP contribution in [0.5, 0.6) is 0 Å². The van der Waals surface area contributed by atoms with Crippen LogP contribution in [-0.4, -0.2) is 12.6 Å².